The van der Waals surface area contributed by atoms with Crippen LogP contribution in [-0.2, 0) is 11.3 Å². The first-order valence-electron chi connectivity index (χ1n) is 10.0. The molecule has 1 aromatic rings. The molecule has 6 heteroatoms. The highest BCUT2D eigenvalue weighted by Crippen LogP contribution is 2.26. The quantitative estimate of drug-likeness (QED) is 0.612. The van der Waals surface area contributed by atoms with Gasteiger partial charge >= 0.3 is 0 Å². The SMILES string of the molecule is CCNC(=NCc1ccc(C)s1)NC1CCN(C(=O)C2CCCCC2)C1. The summed E-state index contributed by atoms with van der Waals surface area (Å²) in [5, 5.41) is 6.87. The van der Waals surface area contributed by atoms with Gasteiger partial charge in [0, 0.05) is 41.3 Å². The van der Waals surface area contributed by atoms with E-state index in [9.17, 15) is 4.79 Å². The van der Waals surface area contributed by atoms with Crippen molar-refractivity contribution in [1.29, 1.82) is 0 Å². The molecule has 26 heavy (non-hydrogen) atoms. The summed E-state index contributed by atoms with van der Waals surface area (Å²) >= 11 is 1.80. The number of aliphatic imine (C=N–C) groups is 1. The lowest BCUT2D eigenvalue weighted by Gasteiger charge is -2.26. The monoisotopic (exact) mass is 376 g/mol. The molecule has 1 saturated carbocycles. The van der Waals surface area contributed by atoms with Crippen molar-refractivity contribution < 1.29 is 4.79 Å². The van der Waals surface area contributed by atoms with Crippen molar-refractivity contribution in [2.75, 3.05) is 19.6 Å². The van der Waals surface area contributed by atoms with Gasteiger partial charge in [-0.2, -0.15) is 0 Å². The lowest BCUT2D eigenvalue weighted by atomic mass is 9.88. The molecule has 3 rings (SSSR count). The van der Waals surface area contributed by atoms with Gasteiger partial charge in [0.1, 0.15) is 0 Å². The molecule has 5 nitrogen and oxygen atoms in total. The van der Waals surface area contributed by atoms with E-state index in [0.717, 1.165) is 44.9 Å². The number of hydrogen-bond acceptors (Lipinski definition) is 3. The number of guanidine groups is 1. The van der Waals surface area contributed by atoms with Crippen LogP contribution in [0.1, 0.15) is 55.2 Å². The Bertz CT molecular complexity index is 621. The minimum atomic E-state index is 0.270. The van der Waals surface area contributed by atoms with Crippen molar-refractivity contribution in [1.82, 2.24) is 15.5 Å². The van der Waals surface area contributed by atoms with Gasteiger partial charge in [-0.1, -0.05) is 19.3 Å². The molecular formula is C20H32N4OS. The van der Waals surface area contributed by atoms with Gasteiger partial charge in [-0.25, -0.2) is 4.99 Å². The average molecular weight is 377 g/mol. The summed E-state index contributed by atoms with van der Waals surface area (Å²) in [6.45, 7) is 7.42. The molecule has 2 N–H and O–H groups in total. The molecule has 0 bridgehead atoms. The van der Waals surface area contributed by atoms with Gasteiger partial charge in [0.15, 0.2) is 5.96 Å². The molecule has 0 aromatic carbocycles. The van der Waals surface area contributed by atoms with E-state index < -0.39 is 0 Å². The van der Waals surface area contributed by atoms with Crippen LogP contribution in [0.5, 0.6) is 0 Å². The summed E-state index contributed by atoms with van der Waals surface area (Å²) in [7, 11) is 0. The van der Waals surface area contributed by atoms with E-state index in [4.69, 9.17) is 4.99 Å². The largest absolute Gasteiger partial charge is 0.357 e. The minimum absolute atomic E-state index is 0.270. The first kappa shape index (κ1) is 19.2. The van der Waals surface area contributed by atoms with Crippen LogP contribution in [0.3, 0.4) is 0 Å². The van der Waals surface area contributed by atoms with Gasteiger partial charge < -0.3 is 15.5 Å². The average Bonchev–Trinajstić information content (AvgIpc) is 3.29. The van der Waals surface area contributed by atoms with Gasteiger partial charge in [-0.15, -0.1) is 11.3 Å². The second kappa shape index (κ2) is 9.40. The maximum Gasteiger partial charge on any atom is 0.225 e. The van der Waals surface area contributed by atoms with E-state index in [1.165, 1.54) is 29.0 Å². The smallest absolute Gasteiger partial charge is 0.225 e. The lowest BCUT2D eigenvalue weighted by Crippen LogP contribution is -2.45. The van der Waals surface area contributed by atoms with E-state index in [1.54, 1.807) is 11.3 Å². The summed E-state index contributed by atoms with van der Waals surface area (Å²) in [5.41, 5.74) is 0. The number of hydrogen-bond donors (Lipinski definition) is 2. The Balaban J connectivity index is 1.52. The van der Waals surface area contributed by atoms with Crippen LogP contribution in [0.15, 0.2) is 17.1 Å². The van der Waals surface area contributed by atoms with Crippen molar-refractivity contribution >= 4 is 23.2 Å². The Kier molecular flexibility index (Phi) is 6.94. The number of nitrogens with zero attached hydrogens (tertiary/aromatic N) is 2. The van der Waals surface area contributed by atoms with Gasteiger partial charge in [-0.05, 0) is 45.2 Å². The Labute approximate surface area is 161 Å². The number of rotatable bonds is 5. The highest BCUT2D eigenvalue weighted by Gasteiger charge is 2.31. The molecular weight excluding hydrogens is 344 g/mol. The van der Waals surface area contributed by atoms with Gasteiger partial charge in [0.05, 0.1) is 6.54 Å². The first-order valence-corrected chi connectivity index (χ1v) is 10.9. The topological polar surface area (TPSA) is 56.7 Å². The summed E-state index contributed by atoms with van der Waals surface area (Å²) in [6.07, 6.45) is 6.88. The number of carbonyl (C=O) groups excluding carboxylic acids is 1. The normalized spacial score (nSPS) is 21.8. The number of thiophene rings is 1. The zero-order chi connectivity index (χ0) is 18.4. The van der Waals surface area contributed by atoms with Crippen LogP contribution in [-0.4, -0.2) is 42.4 Å². The van der Waals surface area contributed by atoms with E-state index >= 15 is 0 Å². The zero-order valence-corrected chi connectivity index (χ0v) is 16.9. The highest BCUT2D eigenvalue weighted by atomic mass is 32.1. The van der Waals surface area contributed by atoms with Crippen LogP contribution >= 0.6 is 11.3 Å². The Morgan fingerprint density at radius 1 is 1.27 bits per heavy atom. The van der Waals surface area contributed by atoms with Crippen LogP contribution in [0.25, 0.3) is 0 Å². The second-order valence-electron chi connectivity index (χ2n) is 7.46. The zero-order valence-electron chi connectivity index (χ0n) is 16.1. The molecule has 1 aromatic heterocycles. The molecule has 1 atom stereocenters. The maximum absolute atomic E-state index is 12.7. The Hall–Kier alpha value is -1.56. The fourth-order valence-electron chi connectivity index (χ4n) is 3.93. The van der Waals surface area contributed by atoms with Crippen molar-refractivity contribution in [3.63, 3.8) is 0 Å². The molecule has 0 radical (unpaired) electrons. The lowest BCUT2D eigenvalue weighted by molar-refractivity contribution is -0.135. The van der Waals surface area contributed by atoms with Crippen LogP contribution in [0.4, 0.5) is 0 Å². The number of aryl methyl sites for hydroxylation is 1. The Morgan fingerprint density at radius 3 is 2.77 bits per heavy atom. The third-order valence-electron chi connectivity index (χ3n) is 5.33. The molecule has 2 aliphatic rings. The number of carbonyl (C=O) groups is 1. The maximum atomic E-state index is 12.7. The molecule has 144 valence electrons. The number of nitrogens with one attached hydrogen (secondary N) is 2. The third-order valence-corrected chi connectivity index (χ3v) is 6.31. The van der Waals surface area contributed by atoms with E-state index in [2.05, 4.69) is 41.5 Å². The van der Waals surface area contributed by atoms with Crippen molar-refractivity contribution in [2.45, 2.75) is 65.0 Å². The molecule has 1 aliphatic heterocycles. The Morgan fingerprint density at radius 2 is 2.08 bits per heavy atom. The third kappa shape index (κ3) is 5.22. The summed E-state index contributed by atoms with van der Waals surface area (Å²) in [6, 6.07) is 4.58. The van der Waals surface area contributed by atoms with E-state index in [0.29, 0.717) is 18.5 Å². The van der Waals surface area contributed by atoms with Crippen LogP contribution in [0, 0.1) is 12.8 Å². The summed E-state index contributed by atoms with van der Waals surface area (Å²) < 4.78 is 0. The molecule has 0 spiro atoms. The highest BCUT2D eigenvalue weighted by molar-refractivity contribution is 7.11. The van der Waals surface area contributed by atoms with E-state index in [1.807, 2.05) is 0 Å². The van der Waals surface area contributed by atoms with Crippen molar-refractivity contribution in [3.8, 4) is 0 Å². The van der Waals surface area contributed by atoms with Crippen LogP contribution < -0.4 is 10.6 Å². The molecule has 2 fully saturated rings. The van der Waals surface area contributed by atoms with Gasteiger partial charge in [-0.3, -0.25) is 4.79 Å². The molecule has 2 heterocycles. The fraction of sp³-hybridized carbons (Fsp3) is 0.700. The second-order valence-corrected chi connectivity index (χ2v) is 8.83. The van der Waals surface area contributed by atoms with Gasteiger partial charge in [0.2, 0.25) is 5.91 Å². The van der Waals surface area contributed by atoms with Crippen molar-refractivity contribution in [2.24, 2.45) is 10.9 Å². The van der Waals surface area contributed by atoms with Crippen molar-refractivity contribution in [3.05, 3.63) is 21.9 Å². The first-order chi connectivity index (χ1) is 12.7. The summed E-state index contributed by atoms with van der Waals surface area (Å²) in [5.74, 6) is 1.51. The minimum Gasteiger partial charge on any atom is -0.357 e. The fourth-order valence-corrected chi connectivity index (χ4v) is 4.74. The number of amides is 1. The molecule has 1 aliphatic carbocycles. The molecule has 1 unspecified atom stereocenters. The van der Waals surface area contributed by atoms with Crippen LogP contribution in [0.2, 0.25) is 0 Å². The molecule has 1 amide bonds. The predicted octanol–water partition coefficient (Wildman–Crippen LogP) is 3.29. The summed E-state index contributed by atoms with van der Waals surface area (Å²) in [4.78, 5) is 22.1. The number of likely N-dealkylation sites (tertiary alicyclic amines) is 1. The van der Waals surface area contributed by atoms with Gasteiger partial charge in [0.25, 0.3) is 0 Å². The predicted molar refractivity (Wildman–Crippen MR) is 109 cm³/mol. The molecule has 1 saturated heterocycles. The van der Waals surface area contributed by atoms with E-state index in [-0.39, 0.29) is 5.92 Å². The standard InChI is InChI=1S/C20H32N4OS/c1-3-21-20(22-13-18-10-9-15(2)26-18)23-17-11-12-24(14-17)19(25)16-7-5-4-6-8-16/h9-10,16-17H,3-8,11-14H2,1-2H3,(H2,21,22,23).